The standard InChI is InChI=1S/C10H7N5O2/c11-2-1-8-7(4-12)10(14-13-8)15-5-6(16)3-9(15)17/h1,3,5H2,(H,13,14). The van der Waals surface area contributed by atoms with E-state index in [2.05, 4.69) is 10.2 Å². The van der Waals surface area contributed by atoms with E-state index < -0.39 is 0 Å². The summed E-state index contributed by atoms with van der Waals surface area (Å²) in [5.74, 6) is -0.446. The number of ketones is 1. The Morgan fingerprint density at radius 2 is 2.18 bits per heavy atom. The predicted molar refractivity (Wildman–Crippen MR) is 54.6 cm³/mol. The summed E-state index contributed by atoms with van der Waals surface area (Å²) in [7, 11) is 0. The summed E-state index contributed by atoms with van der Waals surface area (Å²) in [5.41, 5.74) is 0.506. The number of nitriles is 2. The Kier molecular flexibility index (Phi) is 2.59. The lowest BCUT2D eigenvalue weighted by Gasteiger charge is -2.10. The van der Waals surface area contributed by atoms with Crippen LogP contribution in [0.5, 0.6) is 0 Å². The van der Waals surface area contributed by atoms with Crippen molar-refractivity contribution < 1.29 is 9.59 Å². The van der Waals surface area contributed by atoms with Gasteiger partial charge in [0, 0.05) is 0 Å². The van der Waals surface area contributed by atoms with Crippen LogP contribution in [0.1, 0.15) is 17.7 Å². The topological polar surface area (TPSA) is 114 Å². The highest BCUT2D eigenvalue weighted by atomic mass is 16.2. The Morgan fingerprint density at radius 1 is 1.41 bits per heavy atom. The monoisotopic (exact) mass is 229 g/mol. The van der Waals surface area contributed by atoms with Crippen LogP contribution in [0.15, 0.2) is 0 Å². The number of aromatic nitrogens is 2. The number of nitrogens with one attached hydrogen (secondary N) is 1. The van der Waals surface area contributed by atoms with E-state index in [-0.39, 0.29) is 42.5 Å². The van der Waals surface area contributed by atoms with E-state index in [9.17, 15) is 9.59 Å². The quantitative estimate of drug-likeness (QED) is 0.696. The first-order valence-electron chi connectivity index (χ1n) is 4.83. The molecule has 0 saturated carbocycles. The van der Waals surface area contributed by atoms with Crippen molar-refractivity contribution >= 4 is 17.5 Å². The van der Waals surface area contributed by atoms with Gasteiger partial charge in [-0.15, -0.1) is 0 Å². The van der Waals surface area contributed by atoms with Crippen LogP contribution in [0.2, 0.25) is 0 Å². The highest BCUT2D eigenvalue weighted by Gasteiger charge is 2.32. The summed E-state index contributed by atoms with van der Waals surface area (Å²) in [6.07, 6.45) is -0.156. The summed E-state index contributed by atoms with van der Waals surface area (Å²) in [6.45, 7) is -0.0651. The zero-order valence-corrected chi connectivity index (χ0v) is 8.73. The third-order valence-electron chi connectivity index (χ3n) is 2.43. The van der Waals surface area contributed by atoms with Crippen LogP contribution in [0, 0.1) is 22.7 Å². The summed E-state index contributed by atoms with van der Waals surface area (Å²) >= 11 is 0. The van der Waals surface area contributed by atoms with Crippen molar-refractivity contribution in [2.45, 2.75) is 12.8 Å². The van der Waals surface area contributed by atoms with Crippen LogP contribution in [0.25, 0.3) is 0 Å². The molecule has 1 aromatic heterocycles. The maximum Gasteiger partial charge on any atom is 0.236 e. The fourth-order valence-electron chi connectivity index (χ4n) is 1.66. The molecule has 2 heterocycles. The summed E-state index contributed by atoms with van der Waals surface area (Å²) in [5, 5.41) is 23.9. The Bertz CT molecular complexity index is 574. The van der Waals surface area contributed by atoms with Crippen molar-refractivity contribution in [3.63, 3.8) is 0 Å². The lowest BCUT2D eigenvalue weighted by molar-refractivity contribution is -0.121. The zero-order valence-electron chi connectivity index (χ0n) is 8.73. The van der Waals surface area contributed by atoms with Crippen LogP contribution >= 0.6 is 0 Å². The fourth-order valence-corrected chi connectivity index (χ4v) is 1.66. The first-order chi connectivity index (χ1) is 8.17. The number of Topliss-reactive ketones (excluding diaryl/α,β-unsaturated/α-hetero) is 1. The predicted octanol–water partition coefficient (Wildman–Crippen LogP) is -0.347. The van der Waals surface area contributed by atoms with Gasteiger partial charge in [0.1, 0.15) is 11.6 Å². The Labute approximate surface area is 96.2 Å². The first kappa shape index (κ1) is 10.8. The van der Waals surface area contributed by atoms with E-state index >= 15 is 0 Å². The molecule has 1 amide bonds. The van der Waals surface area contributed by atoms with Crippen molar-refractivity contribution in [2.24, 2.45) is 0 Å². The van der Waals surface area contributed by atoms with Gasteiger partial charge in [-0.1, -0.05) is 0 Å². The average molecular weight is 229 g/mol. The van der Waals surface area contributed by atoms with Gasteiger partial charge in [0.05, 0.1) is 31.1 Å². The molecule has 0 unspecified atom stereocenters. The molecule has 0 atom stereocenters. The molecule has 1 N–H and O–H groups in total. The number of hydrogen-bond donors (Lipinski definition) is 1. The number of anilines is 1. The molecule has 0 radical (unpaired) electrons. The van der Waals surface area contributed by atoms with Crippen LogP contribution < -0.4 is 4.90 Å². The molecule has 1 aliphatic heterocycles. The van der Waals surface area contributed by atoms with Crippen molar-refractivity contribution in [1.82, 2.24) is 10.2 Å². The highest BCUT2D eigenvalue weighted by Crippen LogP contribution is 2.23. The molecular formula is C10H7N5O2. The van der Waals surface area contributed by atoms with Gasteiger partial charge in [0.15, 0.2) is 11.6 Å². The Morgan fingerprint density at radius 3 is 2.71 bits per heavy atom. The molecule has 0 aliphatic carbocycles. The number of carbonyl (C=O) groups is 2. The maximum atomic E-state index is 11.5. The summed E-state index contributed by atoms with van der Waals surface area (Å²) in [6, 6.07) is 3.78. The fraction of sp³-hybridized carbons (Fsp3) is 0.300. The number of hydrogen-bond acceptors (Lipinski definition) is 5. The lowest BCUT2D eigenvalue weighted by atomic mass is 10.2. The smallest absolute Gasteiger partial charge is 0.236 e. The van der Waals surface area contributed by atoms with E-state index in [1.807, 2.05) is 12.1 Å². The first-order valence-corrected chi connectivity index (χ1v) is 4.83. The van der Waals surface area contributed by atoms with Crippen molar-refractivity contribution in [2.75, 3.05) is 11.4 Å². The molecule has 1 aromatic rings. The van der Waals surface area contributed by atoms with Gasteiger partial charge in [0.25, 0.3) is 0 Å². The lowest BCUT2D eigenvalue weighted by Crippen LogP contribution is -2.25. The second-order valence-electron chi connectivity index (χ2n) is 3.54. The second-order valence-corrected chi connectivity index (χ2v) is 3.54. The molecule has 2 rings (SSSR count). The number of aromatic amines is 1. The average Bonchev–Trinajstić information content (AvgIpc) is 2.82. The third-order valence-corrected chi connectivity index (χ3v) is 2.43. The van der Waals surface area contributed by atoms with Crippen molar-refractivity contribution in [3.05, 3.63) is 11.3 Å². The van der Waals surface area contributed by atoms with Gasteiger partial charge >= 0.3 is 0 Å². The van der Waals surface area contributed by atoms with E-state index in [0.717, 1.165) is 4.90 Å². The third kappa shape index (κ3) is 1.74. The molecule has 7 heteroatoms. The molecule has 1 aliphatic rings. The van der Waals surface area contributed by atoms with Crippen molar-refractivity contribution in [3.8, 4) is 12.1 Å². The Balaban J connectivity index is 2.41. The van der Waals surface area contributed by atoms with Gasteiger partial charge in [-0.05, 0) is 0 Å². The molecule has 0 spiro atoms. The normalized spacial score (nSPS) is 14.8. The van der Waals surface area contributed by atoms with E-state index in [0.29, 0.717) is 5.69 Å². The number of nitrogens with zero attached hydrogens (tertiary/aromatic N) is 4. The highest BCUT2D eigenvalue weighted by molar-refractivity contribution is 6.15. The molecule has 1 fully saturated rings. The molecule has 0 aromatic carbocycles. The van der Waals surface area contributed by atoms with Crippen LogP contribution in [-0.2, 0) is 16.0 Å². The summed E-state index contributed by atoms with van der Waals surface area (Å²) < 4.78 is 0. The largest absolute Gasteiger partial charge is 0.297 e. The van der Waals surface area contributed by atoms with E-state index in [1.165, 1.54) is 0 Å². The van der Waals surface area contributed by atoms with Crippen molar-refractivity contribution in [1.29, 1.82) is 10.5 Å². The van der Waals surface area contributed by atoms with Gasteiger partial charge in [-0.25, -0.2) is 0 Å². The SMILES string of the molecule is N#CCc1[nH]nc(N2CC(=O)CC2=O)c1C#N. The van der Waals surface area contributed by atoms with E-state index in [4.69, 9.17) is 10.5 Å². The van der Waals surface area contributed by atoms with Gasteiger partial charge < -0.3 is 0 Å². The zero-order chi connectivity index (χ0) is 12.4. The number of rotatable bonds is 2. The molecular weight excluding hydrogens is 222 g/mol. The van der Waals surface area contributed by atoms with Gasteiger partial charge in [-0.2, -0.15) is 15.6 Å². The van der Waals surface area contributed by atoms with Gasteiger partial charge in [-0.3, -0.25) is 19.6 Å². The van der Waals surface area contributed by atoms with E-state index in [1.54, 1.807) is 0 Å². The minimum absolute atomic E-state index is 0.00582. The number of carbonyl (C=O) groups excluding carboxylic acids is 2. The molecule has 0 bridgehead atoms. The summed E-state index contributed by atoms with van der Waals surface area (Å²) in [4.78, 5) is 23.8. The molecule has 17 heavy (non-hydrogen) atoms. The molecule has 7 nitrogen and oxygen atoms in total. The molecule has 84 valence electrons. The van der Waals surface area contributed by atoms with Gasteiger partial charge in [0.2, 0.25) is 5.91 Å². The van der Waals surface area contributed by atoms with Crippen LogP contribution in [0.3, 0.4) is 0 Å². The second kappa shape index (κ2) is 4.06. The maximum absolute atomic E-state index is 11.5. The number of amides is 1. The van der Waals surface area contributed by atoms with Crippen LogP contribution in [-0.4, -0.2) is 28.4 Å². The molecule has 1 saturated heterocycles. The minimum atomic E-state index is -0.374. The Hall–Kier alpha value is -2.67. The minimum Gasteiger partial charge on any atom is -0.297 e. The number of H-pyrrole nitrogens is 1. The van der Waals surface area contributed by atoms with Crippen LogP contribution in [0.4, 0.5) is 5.82 Å².